The summed E-state index contributed by atoms with van der Waals surface area (Å²) in [5, 5.41) is 10.7. The van der Waals surface area contributed by atoms with Gasteiger partial charge in [-0.1, -0.05) is 0 Å². The van der Waals surface area contributed by atoms with Gasteiger partial charge in [0, 0.05) is 17.1 Å². The van der Waals surface area contributed by atoms with Gasteiger partial charge in [-0.3, -0.25) is 0 Å². The smallest absolute Gasteiger partial charge is 0.194 e. The Morgan fingerprint density at radius 1 is 1.10 bits per heavy atom. The number of hydrogen-bond donors (Lipinski definition) is 0. The normalized spacial score (nSPS) is 13.0. The minimum Gasteiger partial charge on any atom is -0.244 e. The van der Waals surface area contributed by atoms with Crippen molar-refractivity contribution >= 4 is 11.8 Å². The Balaban J connectivity index is 2.00. The van der Waals surface area contributed by atoms with Crippen LogP contribution in [0, 0.1) is 32.1 Å². The summed E-state index contributed by atoms with van der Waals surface area (Å²) in [6, 6.07) is 4.23. The minimum absolute atomic E-state index is 0.625. The van der Waals surface area contributed by atoms with Gasteiger partial charge in [-0.15, -0.1) is 0 Å². The maximum atomic E-state index is 9.34. The molecule has 2 heterocycles. The van der Waals surface area contributed by atoms with Crippen LogP contribution in [0.25, 0.3) is 0 Å². The van der Waals surface area contributed by atoms with E-state index in [1.807, 2.05) is 26.8 Å². The predicted octanol–water partition coefficient (Wildman–Crippen LogP) is 3.31. The number of pyridine rings is 1. The SMILES string of the molecule is Cc1nc(Sc2nc3c(cc2C#N)CCC3)nc(C)c1C. The van der Waals surface area contributed by atoms with Crippen LogP contribution in [0.15, 0.2) is 16.2 Å². The molecule has 0 amide bonds. The van der Waals surface area contributed by atoms with Crippen LogP contribution in [0.2, 0.25) is 0 Å². The lowest BCUT2D eigenvalue weighted by Gasteiger charge is -2.08. The van der Waals surface area contributed by atoms with Crippen LogP contribution in [0.4, 0.5) is 0 Å². The van der Waals surface area contributed by atoms with Gasteiger partial charge < -0.3 is 0 Å². The molecule has 0 aromatic carbocycles. The number of nitriles is 1. The molecule has 2 aromatic heterocycles. The molecule has 5 heteroatoms. The molecule has 1 aliphatic rings. The lowest BCUT2D eigenvalue weighted by atomic mass is 10.2. The first kappa shape index (κ1) is 14.0. The highest BCUT2D eigenvalue weighted by Crippen LogP contribution is 2.31. The second-order valence-corrected chi connectivity index (χ2v) is 6.27. The molecule has 0 bridgehead atoms. The van der Waals surface area contributed by atoms with Crippen molar-refractivity contribution in [2.75, 3.05) is 0 Å². The Morgan fingerprint density at radius 3 is 2.48 bits per heavy atom. The Kier molecular flexibility index (Phi) is 3.64. The lowest BCUT2D eigenvalue weighted by molar-refractivity contribution is 0.872. The quantitative estimate of drug-likeness (QED) is 0.796. The molecule has 0 spiro atoms. The largest absolute Gasteiger partial charge is 0.244 e. The lowest BCUT2D eigenvalue weighted by Crippen LogP contribution is -2.00. The van der Waals surface area contributed by atoms with Gasteiger partial charge in [0.25, 0.3) is 0 Å². The van der Waals surface area contributed by atoms with Crippen molar-refractivity contribution in [1.82, 2.24) is 15.0 Å². The predicted molar refractivity (Wildman–Crippen MR) is 81.3 cm³/mol. The van der Waals surface area contributed by atoms with Gasteiger partial charge in [-0.2, -0.15) is 5.26 Å². The number of rotatable bonds is 2. The van der Waals surface area contributed by atoms with Crippen LogP contribution in [0.1, 0.15) is 40.2 Å². The van der Waals surface area contributed by atoms with E-state index in [-0.39, 0.29) is 0 Å². The Morgan fingerprint density at radius 2 is 1.81 bits per heavy atom. The molecule has 21 heavy (non-hydrogen) atoms. The van der Waals surface area contributed by atoms with Crippen LogP contribution in [0.5, 0.6) is 0 Å². The molecular weight excluding hydrogens is 280 g/mol. The number of nitrogens with zero attached hydrogens (tertiary/aromatic N) is 4. The molecule has 4 nitrogen and oxygen atoms in total. The molecule has 0 atom stereocenters. The first-order valence-electron chi connectivity index (χ1n) is 7.01. The van der Waals surface area contributed by atoms with E-state index in [1.54, 1.807) is 0 Å². The van der Waals surface area contributed by atoms with E-state index in [4.69, 9.17) is 0 Å². The number of hydrogen-bond acceptors (Lipinski definition) is 5. The fourth-order valence-corrected chi connectivity index (χ4v) is 3.39. The van der Waals surface area contributed by atoms with Crippen molar-refractivity contribution in [3.05, 3.63) is 39.8 Å². The Hall–Kier alpha value is -1.93. The third kappa shape index (κ3) is 2.64. The fourth-order valence-electron chi connectivity index (χ4n) is 2.48. The molecule has 0 unspecified atom stereocenters. The maximum Gasteiger partial charge on any atom is 0.194 e. The molecule has 0 radical (unpaired) electrons. The molecule has 0 saturated carbocycles. The zero-order valence-electron chi connectivity index (χ0n) is 12.4. The van der Waals surface area contributed by atoms with E-state index in [2.05, 4.69) is 21.0 Å². The van der Waals surface area contributed by atoms with Gasteiger partial charge in [0.1, 0.15) is 11.1 Å². The van der Waals surface area contributed by atoms with Gasteiger partial charge >= 0.3 is 0 Å². The van der Waals surface area contributed by atoms with Crippen molar-refractivity contribution < 1.29 is 0 Å². The van der Waals surface area contributed by atoms with Crippen molar-refractivity contribution in [3.8, 4) is 6.07 Å². The summed E-state index contributed by atoms with van der Waals surface area (Å²) >= 11 is 1.39. The minimum atomic E-state index is 0.625. The van der Waals surface area contributed by atoms with Crippen LogP contribution >= 0.6 is 11.8 Å². The third-order valence-electron chi connectivity index (χ3n) is 3.94. The van der Waals surface area contributed by atoms with Crippen LogP contribution in [-0.2, 0) is 12.8 Å². The molecule has 0 N–H and O–H groups in total. The molecule has 2 aromatic rings. The van der Waals surface area contributed by atoms with Crippen LogP contribution in [-0.4, -0.2) is 15.0 Å². The summed E-state index contributed by atoms with van der Waals surface area (Å²) in [6.07, 6.45) is 3.16. The van der Waals surface area contributed by atoms with Gasteiger partial charge in [0.15, 0.2) is 5.16 Å². The van der Waals surface area contributed by atoms with Crippen molar-refractivity contribution in [3.63, 3.8) is 0 Å². The van der Waals surface area contributed by atoms with Crippen molar-refractivity contribution in [2.45, 2.75) is 50.2 Å². The number of aryl methyl sites for hydroxylation is 4. The Labute approximate surface area is 128 Å². The molecule has 106 valence electrons. The van der Waals surface area contributed by atoms with Crippen LogP contribution < -0.4 is 0 Å². The summed E-state index contributed by atoms with van der Waals surface area (Å²) in [7, 11) is 0. The first-order valence-corrected chi connectivity index (χ1v) is 7.82. The average Bonchev–Trinajstić information content (AvgIpc) is 2.91. The first-order chi connectivity index (χ1) is 10.1. The van der Waals surface area contributed by atoms with Gasteiger partial charge in [-0.05, 0) is 69.0 Å². The second-order valence-electron chi connectivity index (χ2n) is 5.32. The van der Waals surface area contributed by atoms with Crippen LogP contribution in [0.3, 0.4) is 0 Å². The summed E-state index contributed by atoms with van der Waals surface area (Å²) in [4.78, 5) is 13.7. The highest BCUT2D eigenvalue weighted by molar-refractivity contribution is 7.99. The zero-order chi connectivity index (χ0) is 15.0. The van der Waals surface area contributed by atoms with Crippen molar-refractivity contribution in [1.29, 1.82) is 5.26 Å². The molecular formula is C16H16N4S. The monoisotopic (exact) mass is 296 g/mol. The number of fused-ring (bicyclic) bond motifs is 1. The highest BCUT2D eigenvalue weighted by Gasteiger charge is 2.18. The Bertz CT molecular complexity index is 739. The number of aromatic nitrogens is 3. The topological polar surface area (TPSA) is 62.5 Å². The standard InChI is InChI=1S/C16H16N4S/c1-9-10(2)18-16(19-11(9)3)21-15-13(8-17)7-12-5-4-6-14(12)20-15/h7H,4-6H2,1-3H3. The van der Waals surface area contributed by atoms with E-state index < -0.39 is 0 Å². The van der Waals surface area contributed by atoms with Gasteiger partial charge in [0.2, 0.25) is 0 Å². The van der Waals surface area contributed by atoms with E-state index >= 15 is 0 Å². The van der Waals surface area contributed by atoms with Gasteiger partial charge in [-0.25, -0.2) is 15.0 Å². The second kappa shape index (κ2) is 5.45. The highest BCUT2D eigenvalue weighted by atomic mass is 32.2. The fraction of sp³-hybridized carbons (Fsp3) is 0.375. The molecule has 0 saturated heterocycles. The maximum absolute atomic E-state index is 9.34. The van der Waals surface area contributed by atoms with E-state index in [9.17, 15) is 5.26 Å². The van der Waals surface area contributed by atoms with E-state index in [0.29, 0.717) is 10.7 Å². The molecule has 0 fully saturated rings. The van der Waals surface area contributed by atoms with Gasteiger partial charge in [0.05, 0.1) is 5.56 Å². The molecule has 1 aliphatic carbocycles. The molecule has 3 rings (SSSR count). The van der Waals surface area contributed by atoms with Crippen molar-refractivity contribution in [2.24, 2.45) is 0 Å². The van der Waals surface area contributed by atoms with E-state index in [0.717, 1.165) is 46.9 Å². The summed E-state index contributed by atoms with van der Waals surface area (Å²) < 4.78 is 0. The molecule has 0 aliphatic heterocycles. The van der Waals surface area contributed by atoms with E-state index in [1.165, 1.54) is 17.3 Å². The summed E-state index contributed by atoms with van der Waals surface area (Å²) in [6.45, 7) is 5.98. The zero-order valence-corrected chi connectivity index (χ0v) is 13.2. The summed E-state index contributed by atoms with van der Waals surface area (Å²) in [5.74, 6) is 0. The summed E-state index contributed by atoms with van der Waals surface area (Å²) in [5.41, 5.74) is 6.03. The third-order valence-corrected chi connectivity index (χ3v) is 4.81. The average molecular weight is 296 g/mol.